The number of amides is 1. The molecule has 35 heavy (non-hydrogen) atoms. The molecule has 0 aromatic carbocycles. The maximum Gasteiger partial charge on any atom is 0.411 e. The number of ketones is 1. The van der Waals surface area contributed by atoms with Crippen molar-refractivity contribution < 1.29 is 28.9 Å². The monoisotopic (exact) mass is 483 g/mol. The molecule has 3 fully saturated rings. The van der Waals surface area contributed by atoms with E-state index in [1.807, 2.05) is 26.0 Å². The van der Waals surface area contributed by atoms with Gasteiger partial charge in [0.15, 0.2) is 23.3 Å². The highest BCUT2D eigenvalue weighted by Crippen LogP contribution is 2.72. The van der Waals surface area contributed by atoms with Crippen molar-refractivity contribution in [3.8, 4) is 12.3 Å². The second-order valence-corrected chi connectivity index (χ2v) is 12.3. The lowest BCUT2D eigenvalue weighted by Crippen LogP contribution is -2.68. The van der Waals surface area contributed by atoms with Crippen LogP contribution >= 0.6 is 0 Å². The van der Waals surface area contributed by atoms with E-state index in [1.54, 1.807) is 20.9 Å². The largest absolute Gasteiger partial charge is 0.438 e. The minimum atomic E-state index is -1.82. The van der Waals surface area contributed by atoms with Gasteiger partial charge in [0.2, 0.25) is 0 Å². The molecular formula is C28H37NO6. The number of fused-ring (bicyclic) bond motifs is 5. The average molecular weight is 484 g/mol. The van der Waals surface area contributed by atoms with Crippen LogP contribution in [0.1, 0.15) is 48.0 Å². The number of nitrogens with zero attached hydrogens (tertiary/aromatic N) is 1. The van der Waals surface area contributed by atoms with E-state index in [0.717, 1.165) is 12.0 Å². The fourth-order valence-electron chi connectivity index (χ4n) is 7.69. The van der Waals surface area contributed by atoms with Crippen molar-refractivity contribution in [3.05, 3.63) is 23.3 Å². The van der Waals surface area contributed by atoms with Gasteiger partial charge in [-0.15, -0.1) is 6.42 Å². The second kappa shape index (κ2) is 7.44. The summed E-state index contributed by atoms with van der Waals surface area (Å²) in [4.78, 5) is 28.8. The summed E-state index contributed by atoms with van der Waals surface area (Å²) >= 11 is 0. The molecule has 1 N–H and O–H groups in total. The van der Waals surface area contributed by atoms with E-state index < -0.39 is 35.1 Å². The lowest BCUT2D eigenvalue weighted by molar-refractivity contribution is -0.303. The van der Waals surface area contributed by atoms with Gasteiger partial charge >= 0.3 is 6.09 Å². The van der Waals surface area contributed by atoms with Crippen LogP contribution in [0.4, 0.5) is 4.79 Å². The summed E-state index contributed by atoms with van der Waals surface area (Å²) in [5, 5.41) is 12.9. The number of rotatable bonds is 2. The summed E-state index contributed by atoms with van der Waals surface area (Å²) in [7, 11) is 1.55. The van der Waals surface area contributed by atoms with E-state index in [2.05, 4.69) is 19.8 Å². The van der Waals surface area contributed by atoms with Gasteiger partial charge in [0.05, 0.1) is 18.6 Å². The number of Topliss-reactive ketones (excluding diaryl/α,β-unsaturated/α-hetero) is 1. The fraction of sp³-hybridized carbons (Fsp3) is 0.714. The molecule has 1 heterocycles. The minimum Gasteiger partial charge on any atom is -0.438 e. The third-order valence-corrected chi connectivity index (χ3v) is 9.53. The number of carbonyl (C=O) groups excluding carboxylic acids is 2. The lowest BCUT2D eigenvalue weighted by atomic mass is 9.59. The van der Waals surface area contributed by atoms with Crippen molar-refractivity contribution in [2.75, 3.05) is 20.2 Å². The first-order chi connectivity index (χ1) is 16.2. The molecule has 8 atom stereocenters. The Kier molecular flexibility index (Phi) is 5.22. The molecule has 5 aliphatic rings. The smallest absolute Gasteiger partial charge is 0.411 e. The zero-order valence-corrected chi connectivity index (χ0v) is 21.8. The Balaban J connectivity index is 1.69. The van der Waals surface area contributed by atoms with E-state index >= 15 is 0 Å². The standard InChI is InChI=1S/C28H37NO6/c1-9-10-29(8)24(31)34-22-15(2)13-27-16(3)11-19-20(25(19,4)5)18(21(27)30)12-17-14-33-26(6,7)35-23(17)28(22,27)32/h1,12-13,16,18-20,22-23,32H,10-11,14H2,2-8H3/t16-,18+,19-,20+,22+,23-,27+,28-/m1/s1. The Labute approximate surface area is 207 Å². The number of carbonyl (C=O) groups is 2. The maximum absolute atomic E-state index is 14.6. The summed E-state index contributed by atoms with van der Waals surface area (Å²) in [5.74, 6) is 1.48. The molecule has 1 aliphatic heterocycles. The molecule has 7 heteroatoms. The molecular weight excluding hydrogens is 446 g/mol. The molecule has 1 spiro atoms. The van der Waals surface area contributed by atoms with Crippen molar-refractivity contribution in [1.82, 2.24) is 4.90 Å². The minimum absolute atomic E-state index is 0.0104. The Morgan fingerprint density at radius 2 is 2.03 bits per heavy atom. The molecule has 4 aliphatic carbocycles. The molecule has 2 saturated carbocycles. The summed E-state index contributed by atoms with van der Waals surface area (Å²) < 4.78 is 18.3. The van der Waals surface area contributed by atoms with Gasteiger partial charge in [-0.1, -0.05) is 38.8 Å². The normalized spacial score (nSPS) is 44.3. The van der Waals surface area contributed by atoms with Crippen molar-refractivity contribution >= 4 is 11.9 Å². The predicted octanol–water partition coefficient (Wildman–Crippen LogP) is 3.32. The summed E-state index contributed by atoms with van der Waals surface area (Å²) in [6.45, 7) is 12.2. The molecule has 0 aromatic heterocycles. The molecule has 0 unspecified atom stereocenters. The Bertz CT molecular complexity index is 1080. The highest BCUT2D eigenvalue weighted by atomic mass is 16.7. The molecule has 0 radical (unpaired) electrons. The first-order valence-corrected chi connectivity index (χ1v) is 12.6. The molecule has 1 amide bonds. The van der Waals surface area contributed by atoms with Crippen LogP contribution in [0.5, 0.6) is 0 Å². The zero-order valence-electron chi connectivity index (χ0n) is 21.8. The average Bonchev–Trinajstić information content (AvgIpc) is 3.26. The van der Waals surface area contributed by atoms with Gasteiger partial charge in [-0.25, -0.2) is 4.79 Å². The van der Waals surface area contributed by atoms with Gasteiger partial charge in [0, 0.05) is 13.0 Å². The fourth-order valence-corrected chi connectivity index (χ4v) is 7.69. The van der Waals surface area contributed by atoms with Gasteiger partial charge in [0.1, 0.15) is 6.10 Å². The first-order valence-electron chi connectivity index (χ1n) is 12.6. The van der Waals surface area contributed by atoms with Crippen LogP contribution < -0.4 is 0 Å². The van der Waals surface area contributed by atoms with E-state index in [0.29, 0.717) is 11.5 Å². The first kappa shape index (κ1) is 24.5. The number of ether oxygens (including phenoxy) is 3. The second-order valence-electron chi connectivity index (χ2n) is 12.3. The van der Waals surface area contributed by atoms with Crippen LogP contribution in [0.3, 0.4) is 0 Å². The van der Waals surface area contributed by atoms with Crippen LogP contribution in [-0.2, 0) is 19.0 Å². The third-order valence-electron chi connectivity index (χ3n) is 9.53. The van der Waals surface area contributed by atoms with Crippen LogP contribution in [-0.4, -0.2) is 65.7 Å². The molecule has 0 aromatic rings. The highest BCUT2D eigenvalue weighted by molar-refractivity contribution is 5.95. The van der Waals surface area contributed by atoms with Gasteiger partial charge in [0.25, 0.3) is 0 Å². The van der Waals surface area contributed by atoms with E-state index in [1.165, 1.54) is 4.90 Å². The molecule has 190 valence electrons. The topological polar surface area (TPSA) is 85.3 Å². The molecule has 5 rings (SSSR count). The van der Waals surface area contributed by atoms with Crippen LogP contribution in [0.25, 0.3) is 0 Å². The molecule has 2 bridgehead atoms. The number of hydrogen-bond acceptors (Lipinski definition) is 6. The zero-order chi connectivity index (χ0) is 25.7. The quantitative estimate of drug-likeness (QED) is 0.479. The number of terminal acetylenes is 1. The third kappa shape index (κ3) is 3.09. The SMILES string of the molecule is C#CCN(C)C(=O)O[C@H]1C(C)=C[C@]23C(=O)[C@@H](C=C4COC(C)(C)O[C@H]4[C@]12O)[C@H]1[C@@H](C[C@H]3C)C1(C)C. The van der Waals surface area contributed by atoms with Crippen molar-refractivity contribution in [2.24, 2.45) is 34.5 Å². The van der Waals surface area contributed by atoms with E-state index in [-0.39, 0.29) is 42.1 Å². The van der Waals surface area contributed by atoms with Gasteiger partial charge in [-0.3, -0.25) is 4.79 Å². The maximum atomic E-state index is 14.6. The highest BCUT2D eigenvalue weighted by Gasteiger charge is 2.77. The summed E-state index contributed by atoms with van der Waals surface area (Å²) in [6.07, 6.45) is 7.48. The molecule has 1 saturated heterocycles. The Morgan fingerprint density at radius 1 is 1.34 bits per heavy atom. The van der Waals surface area contributed by atoms with Crippen LogP contribution in [0.2, 0.25) is 0 Å². The van der Waals surface area contributed by atoms with Gasteiger partial charge in [-0.05, 0) is 61.5 Å². The Hall–Kier alpha value is -2.14. The summed E-state index contributed by atoms with van der Waals surface area (Å²) in [5.41, 5.74) is -1.64. The van der Waals surface area contributed by atoms with Crippen molar-refractivity contribution in [2.45, 2.75) is 71.6 Å². The number of aliphatic hydroxyl groups is 1. The number of allylic oxidation sites excluding steroid dienone is 1. The predicted molar refractivity (Wildman–Crippen MR) is 129 cm³/mol. The van der Waals surface area contributed by atoms with Crippen molar-refractivity contribution in [3.63, 3.8) is 0 Å². The molecule has 7 nitrogen and oxygen atoms in total. The number of hydrogen-bond donors (Lipinski definition) is 1. The van der Waals surface area contributed by atoms with Gasteiger partial charge in [-0.2, -0.15) is 0 Å². The Morgan fingerprint density at radius 3 is 2.69 bits per heavy atom. The van der Waals surface area contributed by atoms with Crippen LogP contribution in [0.15, 0.2) is 23.3 Å². The van der Waals surface area contributed by atoms with Crippen LogP contribution in [0, 0.1) is 46.8 Å². The van der Waals surface area contributed by atoms with E-state index in [9.17, 15) is 14.7 Å². The lowest BCUT2D eigenvalue weighted by Gasteiger charge is -2.52. The van der Waals surface area contributed by atoms with E-state index in [4.69, 9.17) is 20.6 Å². The van der Waals surface area contributed by atoms with Gasteiger partial charge < -0.3 is 24.2 Å². The van der Waals surface area contributed by atoms with Crippen molar-refractivity contribution in [1.29, 1.82) is 0 Å². The summed E-state index contributed by atoms with van der Waals surface area (Å²) in [6, 6.07) is 0.